The Bertz CT molecular complexity index is 1080. The van der Waals surface area contributed by atoms with Crippen LogP contribution in [0.1, 0.15) is 8.35 Å². The third kappa shape index (κ3) is 4.94. The number of halogens is 3. The number of rotatable bonds is 5. The van der Waals surface area contributed by atoms with Crippen molar-refractivity contribution in [3.63, 3.8) is 0 Å². The van der Waals surface area contributed by atoms with Gasteiger partial charge in [0, 0.05) is 6.07 Å². The molecule has 0 saturated carbocycles. The van der Waals surface area contributed by atoms with Gasteiger partial charge in [-0.2, -0.15) is 18.2 Å². The van der Waals surface area contributed by atoms with Crippen molar-refractivity contribution >= 4 is 11.0 Å². The fourth-order valence-corrected chi connectivity index (χ4v) is 2.39. The number of aromatic nitrogens is 3. The molecule has 0 spiro atoms. The van der Waals surface area contributed by atoms with Crippen LogP contribution in [0.4, 0.5) is 13.2 Å². The summed E-state index contributed by atoms with van der Waals surface area (Å²) in [7, 11) is 0. The van der Waals surface area contributed by atoms with Crippen LogP contribution < -0.4 is 50.1 Å². The number of nitrogens with zero attached hydrogens (tertiary/aromatic N) is 2. The summed E-state index contributed by atoms with van der Waals surface area (Å²) in [6, 6.07) is 7.92. The van der Waals surface area contributed by atoms with Gasteiger partial charge in [0.15, 0.2) is 12.3 Å². The summed E-state index contributed by atoms with van der Waals surface area (Å²) >= 11 is 0. The summed E-state index contributed by atoms with van der Waals surface area (Å²) in [4.78, 5) is 30.9. The summed E-state index contributed by atoms with van der Waals surface area (Å²) < 4.78 is 47.9. The van der Waals surface area contributed by atoms with Gasteiger partial charge >= 0.3 is 41.7 Å². The Morgan fingerprint density at radius 1 is 1.11 bits per heavy atom. The van der Waals surface area contributed by atoms with Gasteiger partial charge in [0.1, 0.15) is 5.75 Å². The molecule has 0 bridgehead atoms. The van der Waals surface area contributed by atoms with Crippen molar-refractivity contribution in [2.24, 2.45) is 0 Å². The SMILES string of the molecule is CCOc1nc2[nH]c(=O)ccc2c(=O)n1-c1ccc(OCC(F)(F)F)cc1.[H-].[Na+]. The molecule has 28 heavy (non-hydrogen) atoms. The Labute approximate surface area is 179 Å². The molecule has 0 aliphatic carbocycles. The topological polar surface area (TPSA) is 86.2 Å². The van der Waals surface area contributed by atoms with Crippen molar-refractivity contribution in [2.45, 2.75) is 13.1 Å². The van der Waals surface area contributed by atoms with Crippen molar-refractivity contribution in [2.75, 3.05) is 13.2 Å². The zero-order valence-electron chi connectivity index (χ0n) is 16.0. The van der Waals surface area contributed by atoms with Gasteiger partial charge in [0.25, 0.3) is 5.56 Å². The maximum absolute atomic E-state index is 12.8. The molecule has 144 valence electrons. The van der Waals surface area contributed by atoms with Gasteiger partial charge < -0.3 is 15.9 Å². The summed E-state index contributed by atoms with van der Waals surface area (Å²) in [5, 5.41) is 0.162. The predicted molar refractivity (Wildman–Crippen MR) is 91.8 cm³/mol. The van der Waals surface area contributed by atoms with Gasteiger partial charge in [-0.25, -0.2) is 4.57 Å². The number of alkyl halides is 3. The Morgan fingerprint density at radius 3 is 2.39 bits per heavy atom. The molecule has 0 radical (unpaired) electrons. The zero-order chi connectivity index (χ0) is 19.6. The van der Waals surface area contributed by atoms with Crippen LogP contribution in [0.3, 0.4) is 0 Å². The van der Waals surface area contributed by atoms with Gasteiger partial charge in [0.05, 0.1) is 17.7 Å². The second-order valence-corrected chi connectivity index (χ2v) is 5.45. The number of ether oxygens (including phenoxy) is 2. The number of nitrogens with one attached hydrogen (secondary N) is 1. The van der Waals surface area contributed by atoms with Crippen molar-refractivity contribution in [3.05, 3.63) is 57.1 Å². The third-order valence-electron chi connectivity index (χ3n) is 3.50. The van der Waals surface area contributed by atoms with Gasteiger partial charge in [-0.15, -0.1) is 0 Å². The van der Waals surface area contributed by atoms with E-state index in [0.717, 1.165) is 4.57 Å². The molecule has 2 heterocycles. The standard InChI is InChI=1S/C17H14F3N3O4.Na.H/c1-2-26-16-22-14-12(7-8-13(24)21-14)15(25)23(16)10-3-5-11(6-4-10)27-9-17(18,19)20;;/h3-8H,2,9H2,1H3,(H,21,24);;/q;+1;-1. The van der Waals surface area contributed by atoms with E-state index in [-0.39, 0.29) is 60.4 Å². The molecule has 1 N–H and O–H groups in total. The maximum Gasteiger partial charge on any atom is 1.00 e. The first kappa shape index (κ1) is 22.0. The first-order valence-electron chi connectivity index (χ1n) is 7.87. The molecule has 7 nitrogen and oxygen atoms in total. The van der Waals surface area contributed by atoms with E-state index in [0.29, 0.717) is 5.69 Å². The Morgan fingerprint density at radius 2 is 1.79 bits per heavy atom. The van der Waals surface area contributed by atoms with Crippen molar-refractivity contribution in [3.8, 4) is 17.4 Å². The third-order valence-corrected chi connectivity index (χ3v) is 3.50. The van der Waals surface area contributed by atoms with E-state index < -0.39 is 23.9 Å². The Kier molecular flexibility index (Phi) is 6.91. The number of hydrogen-bond acceptors (Lipinski definition) is 5. The molecule has 0 aliphatic heterocycles. The van der Waals surface area contributed by atoms with Crippen molar-refractivity contribution in [1.29, 1.82) is 0 Å². The van der Waals surface area contributed by atoms with Crippen molar-refractivity contribution < 1.29 is 53.6 Å². The molecule has 0 saturated heterocycles. The molecule has 3 aromatic rings. The van der Waals surface area contributed by atoms with Crippen LogP contribution in [0.15, 0.2) is 46.0 Å². The van der Waals surface area contributed by atoms with Crippen LogP contribution in [0.2, 0.25) is 0 Å². The quantitative estimate of drug-likeness (QED) is 0.581. The minimum absolute atomic E-state index is 0. The fraction of sp³-hybridized carbons (Fsp3) is 0.235. The Hall–Kier alpha value is -2.30. The largest absolute Gasteiger partial charge is 1.00 e. The zero-order valence-corrected chi connectivity index (χ0v) is 17.0. The van der Waals surface area contributed by atoms with E-state index in [4.69, 9.17) is 4.74 Å². The second-order valence-electron chi connectivity index (χ2n) is 5.45. The van der Waals surface area contributed by atoms with Gasteiger partial charge in [-0.05, 0) is 37.3 Å². The average molecular weight is 405 g/mol. The predicted octanol–water partition coefficient (Wildman–Crippen LogP) is -0.470. The minimum Gasteiger partial charge on any atom is -1.00 e. The van der Waals surface area contributed by atoms with E-state index in [1.807, 2.05) is 0 Å². The normalized spacial score (nSPS) is 11.1. The smallest absolute Gasteiger partial charge is 1.00 e. The summed E-state index contributed by atoms with van der Waals surface area (Å²) in [5.74, 6) is 0.000150. The van der Waals surface area contributed by atoms with Crippen LogP contribution in [-0.4, -0.2) is 33.9 Å². The van der Waals surface area contributed by atoms with Crippen LogP contribution in [0.25, 0.3) is 16.7 Å². The van der Waals surface area contributed by atoms with E-state index in [1.165, 1.54) is 36.4 Å². The molecule has 2 aromatic heterocycles. The molecule has 0 amide bonds. The summed E-state index contributed by atoms with van der Waals surface area (Å²) in [6.45, 7) is 0.492. The maximum atomic E-state index is 12.8. The number of fused-ring (bicyclic) bond motifs is 1. The van der Waals surface area contributed by atoms with Crippen LogP contribution >= 0.6 is 0 Å². The van der Waals surface area contributed by atoms with Gasteiger partial charge in [-0.1, -0.05) is 0 Å². The summed E-state index contributed by atoms with van der Waals surface area (Å²) in [5.41, 5.74) is -0.509. The molecular weight excluding hydrogens is 390 g/mol. The first-order valence-corrected chi connectivity index (χ1v) is 7.87. The first-order chi connectivity index (χ1) is 12.8. The number of H-pyrrole nitrogens is 1. The fourth-order valence-electron chi connectivity index (χ4n) is 2.39. The molecular formula is C17H15F3N3NaO4. The van der Waals surface area contributed by atoms with Crippen LogP contribution in [-0.2, 0) is 0 Å². The van der Waals surface area contributed by atoms with Gasteiger partial charge in [0.2, 0.25) is 5.56 Å². The van der Waals surface area contributed by atoms with Crippen LogP contribution in [0.5, 0.6) is 11.8 Å². The molecule has 0 atom stereocenters. The number of benzene rings is 1. The molecule has 11 heteroatoms. The second kappa shape index (κ2) is 8.80. The molecule has 3 rings (SSSR count). The molecule has 0 unspecified atom stereocenters. The number of hydrogen-bond donors (Lipinski definition) is 1. The Balaban J connectivity index is 0.00000210. The number of pyridine rings is 1. The number of aromatic amines is 1. The van der Waals surface area contributed by atoms with E-state index in [9.17, 15) is 22.8 Å². The van der Waals surface area contributed by atoms with Crippen LogP contribution in [0, 0.1) is 0 Å². The minimum atomic E-state index is -4.45. The van der Waals surface area contributed by atoms with E-state index in [2.05, 4.69) is 14.7 Å². The van der Waals surface area contributed by atoms with Crippen molar-refractivity contribution in [1.82, 2.24) is 14.5 Å². The van der Waals surface area contributed by atoms with E-state index >= 15 is 0 Å². The monoisotopic (exact) mass is 405 g/mol. The molecule has 0 aliphatic rings. The average Bonchev–Trinajstić information content (AvgIpc) is 2.60. The molecule has 1 aromatic carbocycles. The van der Waals surface area contributed by atoms with E-state index in [1.54, 1.807) is 6.92 Å². The molecule has 0 fully saturated rings. The van der Waals surface area contributed by atoms with Gasteiger partial charge in [-0.3, -0.25) is 9.59 Å². The summed E-state index contributed by atoms with van der Waals surface area (Å²) in [6.07, 6.45) is -4.45.